The van der Waals surface area contributed by atoms with Crippen LogP contribution in [-0.2, 0) is 64.5 Å². The molecule has 93 heavy (non-hydrogen) atoms. The molecule has 0 N–H and O–H groups in total. The quantitative estimate of drug-likeness (QED) is 0.0614. The maximum Gasteiger partial charge on any atom is 0.0379 e. The first-order valence-corrected chi connectivity index (χ1v) is 31.3. The predicted molar refractivity (Wildman–Crippen MR) is 390 cm³/mol. The zero-order chi connectivity index (χ0) is 65.2. The Balaban J connectivity index is 0.000000283. The molecule has 2 atom stereocenters. The molecule has 0 amide bonds. The van der Waals surface area contributed by atoms with E-state index in [1.54, 1.807) is 62.4 Å². The molecule has 12 rings (SSSR count). The average Bonchev–Trinajstić information content (AvgIpc) is 0.786. The normalized spacial score (nSPS) is 11.2. The fourth-order valence-corrected chi connectivity index (χ4v) is 11.1. The van der Waals surface area contributed by atoms with E-state index in [0.29, 0.717) is 11.8 Å². The van der Waals surface area contributed by atoms with Gasteiger partial charge in [-0.05, 0) is 114 Å². The van der Waals surface area contributed by atoms with Crippen molar-refractivity contribution in [3.63, 3.8) is 0 Å². The van der Waals surface area contributed by atoms with E-state index in [0.717, 1.165) is 69.1 Å². The number of benzene rings is 10. The number of hydrogen-bond acceptors (Lipinski definition) is 2. The van der Waals surface area contributed by atoms with E-state index in [1.165, 1.54) is 77.7 Å². The molecule has 0 saturated carbocycles. The molecule has 0 radical (unpaired) electrons. The van der Waals surface area contributed by atoms with E-state index < -0.39 is 0 Å². The summed E-state index contributed by atoms with van der Waals surface area (Å²) in [7, 11) is 14.0. The van der Waals surface area contributed by atoms with Gasteiger partial charge in [-0.15, -0.1) is 77.1 Å². The smallest absolute Gasteiger partial charge is 0.0379 e. The Morgan fingerprint density at radius 1 is 0.376 bits per heavy atom. The van der Waals surface area contributed by atoms with Gasteiger partial charge in [0, 0.05) is 68.9 Å². The van der Waals surface area contributed by atoms with Gasteiger partial charge in [-0.3, -0.25) is 4.39 Å². The number of rotatable bonds is 14. The summed E-state index contributed by atoms with van der Waals surface area (Å²) in [5, 5.41) is 34.9. The summed E-state index contributed by atoms with van der Waals surface area (Å²) in [6.45, 7) is 13.4. The van der Waals surface area contributed by atoms with Crippen LogP contribution in [0.15, 0.2) is 224 Å². The molecule has 0 fully saturated rings. The molecule has 0 bridgehead atoms. The molecule has 2 heterocycles. The number of aromatic nitrogens is 2. The van der Waals surface area contributed by atoms with E-state index in [-0.39, 0.29) is 69.6 Å². The van der Waals surface area contributed by atoms with Gasteiger partial charge in [-0.1, -0.05) is 234 Å². The van der Waals surface area contributed by atoms with Crippen molar-refractivity contribution in [1.82, 2.24) is 9.97 Å². The molecule has 12 aromatic rings. The Bertz CT molecular complexity index is 4140. The number of para-hydroxylation sites is 2. The van der Waals surface area contributed by atoms with Crippen molar-refractivity contribution >= 4 is 54.5 Å². The first-order chi connectivity index (χ1) is 44.3. The number of aryl methyl sites for hydroxylation is 2. The fourth-order valence-electron chi connectivity index (χ4n) is 11.1. The van der Waals surface area contributed by atoms with Crippen LogP contribution < -0.4 is 0 Å². The largest absolute Gasteiger partial charge is 0.673 e. The Morgan fingerprint density at radius 2 is 0.753 bits per heavy atom. The second-order valence-corrected chi connectivity index (χ2v) is 22.6. The van der Waals surface area contributed by atoms with Crippen LogP contribution in [0, 0.1) is 17.9 Å². The first-order valence-electron chi connectivity index (χ1n) is 31.3. The van der Waals surface area contributed by atoms with Crippen molar-refractivity contribution in [2.24, 2.45) is 0 Å². The molecule has 0 aliphatic carbocycles. The molecule has 0 spiro atoms. The summed E-state index contributed by atoms with van der Waals surface area (Å²) in [5.74, 6) is 0.392. The van der Waals surface area contributed by atoms with E-state index in [9.17, 15) is 4.39 Å². The summed E-state index contributed by atoms with van der Waals surface area (Å²) >= 11 is 0. The molecule has 0 aliphatic rings. The van der Waals surface area contributed by atoms with Crippen LogP contribution in [-0.4, -0.2) is 66.3 Å². The molecule has 2 unspecified atom stereocenters. The average molecular weight is 1560 g/mol. The molecule has 8 nitrogen and oxygen atoms in total. The second-order valence-electron chi connectivity index (χ2n) is 22.6. The third kappa shape index (κ3) is 19.9. The molecule has 10 aromatic carbocycles. The van der Waals surface area contributed by atoms with Crippen molar-refractivity contribution in [1.29, 1.82) is 0 Å². The number of pyridine rings is 2. The molecular formula is C82H87FHf2N8-8. The van der Waals surface area contributed by atoms with E-state index in [2.05, 4.69) is 245 Å². The van der Waals surface area contributed by atoms with E-state index >= 15 is 0 Å². The van der Waals surface area contributed by atoms with Gasteiger partial charge in [0.05, 0.1) is 0 Å². The van der Waals surface area contributed by atoms with Crippen molar-refractivity contribution in [2.75, 3.05) is 56.4 Å². The predicted octanol–water partition coefficient (Wildman–Crippen LogP) is 23.3. The molecular weight excluding hydrogens is 1470 g/mol. The molecule has 11 heteroatoms. The zero-order valence-electron chi connectivity index (χ0n) is 56.5. The van der Waals surface area contributed by atoms with Crippen LogP contribution in [0.3, 0.4) is 0 Å². The maximum atomic E-state index is 13.6. The second kappa shape index (κ2) is 39.4. The van der Waals surface area contributed by atoms with Crippen LogP contribution in [0.2, 0.25) is 0 Å². The van der Waals surface area contributed by atoms with Crippen LogP contribution >= 0.6 is 0 Å². The topological polar surface area (TPSA) is 110 Å². The standard InChI is InChI=1S/C38H34N2.C36H29FN2.4C2H6N.2Hf/c1-25(2)29-20-12-21-30(26(3)4)37(29)40-38(36-23-13-22-35(39-36)27-14-6-5-7-15-27)34-24-28-16-8-9-17-31(28)32-18-10-11-19-33(32)34;1-3-24-12-9-13-25(4-2)35(24)39-36(34-18-10-17-33(38-34)26-19-21-28(37)22-20-26)32-23-27-11-5-6-14-29(27)30-15-7-8-16-31(30)32;4*1-3-2;;/h5-14,16-26,38H,1-4H3;5-19,21-23,36H,3-4H2,1-2H3;4*1-2H3;;/q2*-2;4*-1;;. The molecule has 0 aliphatic heterocycles. The third-order valence-corrected chi connectivity index (χ3v) is 15.2. The van der Waals surface area contributed by atoms with Gasteiger partial charge in [0.2, 0.25) is 0 Å². The van der Waals surface area contributed by atoms with Gasteiger partial charge >= 0.3 is 0 Å². The Morgan fingerprint density at radius 3 is 1.15 bits per heavy atom. The number of nitrogens with zero attached hydrogens (tertiary/aromatic N) is 8. The van der Waals surface area contributed by atoms with Crippen molar-refractivity contribution in [3.8, 4) is 22.5 Å². The van der Waals surface area contributed by atoms with Gasteiger partial charge in [0.25, 0.3) is 0 Å². The summed E-state index contributed by atoms with van der Waals surface area (Å²) in [6, 6.07) is 82.7. The summed E-state index contributed by atoms with van der Waals surface area (Å²) in [4.78, 5) is 10.3. The minimum Gasteiger partial charge on any atom is -0.673 e. The fraction of sp³-hybridized carbons (Fsp3) is 0.244. The van der Waals surface area contributed by atoms with Gasteiger partial charge in [0.1, 0.15) is 0 Å². The summed E-state index contributed by atoms with van der Waals surface area (Å²) in [6.07, 6.45) is 1.80. The van der Waals surface area contributed by atoms with Crippen molar-refractivity contribution < 1.29 is 56.1 Å². The molecule has 2 aromatic heterocycles. The van der Waals surface area contributed by atoms with Gasteiger partial charge in [-0.25, -0.2) is 0 Å². The number of hydrogen-bond donors (Lipinski definition) is 0. The van der Waals surface area contributed by atoms with Crippen LogP contribution in [0.1, 0.15) is 110 Å². The number of halogens is 1. The SMILES string of the molecule is CC(C)c1cccc(C(C)C)c1[N-]C(c1cccc(-c2[c-]cccc2)n1)c1cc2ccccc2c2ccccc12.CCc1cccc(CC)c1[N-]C(c1cccc(-c2[c-]cc(F)cc2)n1)c1cc2ccccc2c2ccccc12.C[N-]C.C[N-]C.C[N-]C.C[N-]C.[Hf].[Hf]. The van der Waals surface area contributed by atoms with E-state index in [1.807, 2.05) is 36.4 Å². The monoisotopic (exact) mass is 1560 g/mol. The van der Waals surface area contributed by atoms with Crippen LogP contribution in [0.25, 0.3) is 97.5 Å². The van der Waals surface area contributed by atoms with Gasteiger partial charge in [0.15, 0.2) is 0 Å². The Labute approximate surface area is 592 Å². The minimum absolute atomic E-state index is 0. The third-order valence-electron chi connectivity index (χ3n) is 15.2. The van der Waals surface area contributed by atoms with Crippen molar-refractivity contribution in [3.05, 3.63) is 319 Å². The van der Waals surface area contributed by atoms with Crippen LogP contribution in [0.5, 0.6) is 0 Å². The van der Waals surface area contributed by atoms with E-state index in [4.69, 9.17) is 20.6 Å². The molecule has 478 valence electrons. The minimum atomic E-state index is -0.335. The van der Waals surface area contributed by atoms with Crippen LogP contribution in [0.4, 0.5) is 15.8 Å². The number of fused-ring (bicyclic) bond motifs is 6. The molecule has 0 saturated heterocycles. The summed E-state index contributed by atoms with van der Waals surface area (Å²) < 4.78 is 13.6. The summed E-state index contributed by atoms with van der Waals surface area (Å²) in [5.41, 5.74) is 14.6. The maximum absolute atomic E-state index is 13.6. The Hall–Kier alpha value is -7.35. The Kier molecular flexibility index (Phi) is 32.3. The first kappa shape index (κ1) is 76.4. The van der Waals surface area contributed by atoms with Crippen molar-refractivity contribution in [2.45, 2.75) is 78.3 Å². The van der Waals surface area contributed by atoms with Gasteiger partial charge in [-0.2, -0.15) is 56.4 Å². The van der Waals surface area contributed by atoms with Gasteiger partial charge < -0.3 is 41.9 Å². The zero-order valence-corrected chi connectivity index (χ0v) is 63.7.